The third-order valence-electron chi connectivity index (χ3n) is 5.97. The number of amides is 1. The number of benzene rings is 3. The topological polar surface area (TPSA) is 92.0 Å². The predicted molar refractivity (Wildman–Crippen MR) is 142 cm³/mol. The molecule has 5 rings (SSSR count). The molecular weight excluding hydrogens is 492 g/mol. The van der Waals surface area contributed by atoms with Gasteiger partial charge >= 0.3 is 0 Å². The van der Waals surface area contributed by atoms with Crippen LogP contribution in [-0.4, -0.2) is 23.4 Å². The minimum Gasteiger partial charge on any atom is -0.507 e. The van der Waals surface area contributed by atoms with Gasteiger partial charge in [0.2, 0.25) is 0 Å². The van der Waals surface area contributed by atoms with E-state index < -0.39 is 17.7 Å². The summed E-state index contributed by atoms with van der Waals surface area (Å²) in [7, 11) is 0. The molecule has 0 saturated carbocycles. The third kappa shape index (κ3) is 4.69. The Morgan fingerprint density at radius 3 is 2.41 bits per heavy atom. The number of carbonyl (C=O) groups excluding carboxylic acids is 2. The minimum atomic E-state index is -0.964. The second kappa shape index (κ2) is 10.2. The van der Waals surface area contributed by atoms with Crippen molar-refractivity contribution in [1.82, 2.24) is 0 Å². The second-order valence-corrected chi connectivity index (χ2v) is 8.71. The lowest BCUT2D eigenvalue weighted by molar-refractivity contribution is -0.132. The maximum Gasteiger partial charge on any atom is 0.300 e. The summed E-state index contributed by atoms with van der Waals surface area (Å²) in [4.78, 5) is 27.9. The maximum atomic E-state index is 13.3. The maximum absolute atomic E-state index is 13.3. The zero-order valence-electron chi connectivity index (χ0n) is 19.9. The molecule has 2 heterocycles. The number of furan rings is 1. The monoisotopic (exact) mass is 514 g/mol. The number of carbonyl (C=O) groups is 2. The number of nitrogens with zero attached hydrogens (tertiary/aromatic N) is 1. The molecule has 1 amide bonds. The Kier molecular flexibility index (Phi) is 6.70. The van der Waals surface area contributed by atoms with Crippen molar-refractivity contribution in [1.29, 1.82) is 0 Å². The molecule has 1 saturated heterocycles. The fraction of sp³-hybridized carbons (Fsp3) is 0.103. The molecule has 0 bridgehead atoms. The minimum absolute atomic E-state index is 0.0868. The van der Waals surface area contributed by atoms with Crippen LogP contribution < -0.4 is 15.0 Å². The third-order valence-corrected chi connectivity index (χ3v) is 6.28. The van der Waals surface area contributed by atoms with Crippen molar-refractivity contribution >= 4 is 46.1 Å². The Labute approximate surface area is 218 Å². The van der Waals surface area contributed by atoms with Gasteiger partial charge < -0.3 is 19.6 Å². The molecule has 7 nitrogen and oxygen atoms in total. The molecule has 1 fully saturated rings. The summed E-state index contributed by atoms with van der Waals surface area (Å²) in [6.45, 7) is 2.18. The number of hydrogen-bond acceptors (Lipinski definition) is 6. The molecule has 4 aromatic rings. The van der Waals surface area contributed by atoms with Gasteiger partial charge in [0.05, 0.1) is 23.5 Å². The molecule has 1 atom stereocenters. The van der Waals surface area contributed by atoms with Crippen LogP contribution in [0.1, 0.15) is 24.3 Å². The SMILES string of the molecule is CCOc1cc(/C(O)=C2/C(=O)C(=O)N(c3ccc(Nc4ccccc4)cc3)C2c2ccco2)ccc1Cl. The first kappa shape index (κ1) is 24.2. The number of rotatable bonds is 7. The molecule has 0 radical (unpaired) electrons. The second-order valence-electron chi connectivity index (χ2n) is 8.30. The number of aliphatic hydroxyl groups is 1. The van der Waals surface area contributed by atoms with Gasteiger partial charge in [0, 0.05) is 22.6 Å². The Hall–Kier alpha value is -4.49. The number of anilines is 3. The van der Waals surface area contributed by atoms with Crippen molar-refractivity contribution in [2.75, 3.05) is 16.8 Å². The molecule has 37 heavy (non-hydrogen) atoms. The van der Waals surface area contributed by atoms with Gasteiger partial charge in [0.25, 0.3) is 11.7 Å². The van der Waals surface area contributed by atoms with E-state index in [0.717, 1.165) is 11.4 Å². The van der Waals surface area contributed by atoms with Crippen LogP contribution in [0.15, 0.2) is 101 Å². The first-order chi connectivity index (χ1) is 18.0. The van der Waals surface area contributed by atoms with E-state index in [1.807, 2.05) is 49.4 Å². The van der Waals surface area contributed by atoms with E-state index >= 15 is 0 Å². The molecular formula is C29H23ClN2O5. The summed E-state index contributed by atoms with van der Waals surface area (Å²) in [6.07, 6.45) is 1.46. The van der Waals surface area contributed by atoms with E-state index in [0.29, 0.717) is 34.4 Å². The van der Waals surface area contributed by atoms with E-state index in [2.05, 4.69) is 5.32 Å². The van der Waals surface area contributed by atoms with Crippen molar-refractivity contribution < 1.29 is 23.8 Å². The Morgan fingerprint density at radius 1 is 1.00 bits per heavy atom. The van der Waals surface area contributed by atoms with Crippen molar-refractivity contribution in [2.24, 2.45) is 0 Å². The molecule has 1 aromatic heterocycles. The standard InChI is InChI=1S/C29H23ClN2O5/c1-2-36-24-17-18(10-15-22(24)30)27(33)25-26(23-9-6-16-37-23)32(29(35)28(25)34)21-13-11-20(12-14-21)31-19-7-4-3-5-8-19/h3-17,26,31,33H,2H2,1H3/b27-25-. The van der Waals surface area contributed by atoms with E-state index in [4.69, 9.17) is 20.8 Å². The Balaban J connectivity index is 1.56. The smallest absolute Gasteiger partial charge is 0.300 e. The number of hydrogen-bond donors (Lipinski definition) is 2. The van der Waals surface area contributed by atoms with Crippen LogP contribution >= 0.6 is 11.6 Å². The van der Waals surface area contributed by atoms with Crippen LogP contribution in [0.2, 0.25) is 5.02 Å². The summed E-state index contributed by atoms with van der Waals surface area (Å²) in [5, 5.41) is 14.9. The average Bonchev–Trinajstić information content (AvgIpc) is 3.53. The van der Waals surface area contributed by atoms with Crippen molar-refractivity contribution in [3.8, 4) is 5.75 Å². The quantitative estimate of drug-likeness (QED) is 0.162. The highest BCUT2D eigenvalue weighted by molar-refractivity contribution is 6.51. The number of para-hydroxylation sites is 1. The largest absolute Gasteiger partial charge is 0.507 e. The van der Waals surface area contributed by atoms with Crippen LogP contribution in [0.25, 0.3) is 5.76 Å². The molecule has 1 aliphatic heterocycles. The molecule has 1 unspecified atom stereocenters. The van der Waals surface area contributed by atoms with Gasteiger partial charge in [0.15, 0.2) is 0 Å². The molecule has 0 aliphatic carbocycles. The molecule has 2 N–H and O–H groups in total. The van der Waals surface area contributed by atoms with Crippen LogP contribution in [0.3, 0.4) is 0 Å². The molecule has 0 spiro atoms. The van der Waals surface area contributed by atoms with Crippen molar-refractivity contribution in [3.05, 3.63) is 113 Å². The fourth-order valence-corrected chi connectivity index (χ4v) is 4.45. The van der Waals surface area contributed by atoms with E-state index in [-0.39, 0.29) is 11.3 Å². The fourth-order valence-electron chi connectivity index (χ4n) is 4.28. The normalized spacial score (nSPS) is 16.7. The highest BCUT2D eigenvalue weighted by Gasteiger charge is 2.48. The van der Waals surface area contributed by atoms with Gasteiger partial charge in [-0.25, -0.2) is 0 Å². The van der Waals surface area contributed by atoms with Gasteiger partial charge in [-0.3, -0.25) is 14.5 Å². The lowest BCUT2D eigenvalue weighted by atomic mass is 9.99. The van der Waals surface area contributed by atoms with E-state index in [1.54, 1.807) is 36.4 Å². The Bertz CT molecular complexity index is 1460. The number of aliphatic hydroxyl groups excluding tert-OH is 1. The highest BCUT2D eigenvalue weighted by Crippen LogP contribution is 2.43. The summed E-state index contributed by atoms with van der Waals surface area (Å²) < 4.78 is 11.1. The van der Waals surface area contributed by atoms with Gasteiger partial charge in [-0.15, -0.1) is 0 Å². The lowest BCUT2D eigenvalue weighted by Crippen LogP contribution is -2.29. The molecule has 1 aliphatic rings. The van der Waals surface area contributed by atoms with Crippen molar-refractivity contribution in [3.63, 3.8) is 0 Å². The van der Waals surface area contributed by atoms with E-state index in [1.165, 1.54) is 17.2 Å². The number of Topliss-reactive ketones (excluding diaryl/α,β-unsaturated/α-hetero) is 1. The number of halogens is 1. The summed E-state index contributed by atoms with van der Waals surface area (Å²) >= 11 is 6.20. The summed E-state index contributed by atoms with van der Waals surface area (Å²) in [5.74, 6) is -1.24. The van der Waals surface area contributed by atoms with Crippen LogP contribution in [0.5, 0.6) is 5.75 Å². The predicted octanol–water partition coefficient (Wildman–Crippen LogP) is 6.70. The van der Waals surface area contributed by atoms with Gasteiger partial charge in [-0.05, 0) is 73.7 Å². The molecule has 186 valence electrons. The van der Waals surface area contributed by atoms with Gasteiger partial charge in [0.1, 0.15) is 23.3 Å². The van der Waals surface area contributed by atoms with Crippen molar-refractivity contribution in [2.45, 2.75) is 13.0 Å². The molecule has 8 heteroatoms. The van der Waals surface area contributed by atoms with Crippen LogP contribution in [0, 0.1) is 0 Å². The zero-order chi connectivity index (χ0) is 25.9. The van der Waals surface area contributed by atoms with Gasteiger partial charge in [-0.2, -0.15) is 0 Å². The van der Waals surface area contributed by atoms with Gasteiger partial charge in [-0.1, -0.05) is 29.8 Å². The average molecular weight is 515 g/mol. The summed E-state index contributed by atoms with van der Waals surface area (Å²) in [5.41, 5.74) is 2.42. The zero-order valence-corrected chi connectivity index (χ0v) is 20.6. The number of ketones is 1. The van der Waals surface area contributed by atoms with Crippen LogP contribution in [-0.2, 0) is 9.59 Å². The summed E-state index contributed by atoms with van der Waals surface area (Å²) in [6, 6.07) is 23.8. The number of ether oxygens (including phenoxy) is 1. The Morgan fingerprint density at radius 2 is 1.73 bits per heavy atom. The lowest BCUT2D eigenvalue weighted by Gasteiger charge is -2.23. The first-order valence-corrected chi connectivity index (χ1v) is 12.0. The molecule has 3 aromatic carbocycles. The van der Waals surface area contributed by atoms with E-state index in [9.17, 15) is 14.7 Å². The van der Waals surface area contributed by atoms with Crippen LogP contribution in [0.4, 0.5) is 17.1 Å². The first-order valence-electron chi connectivity index (χ1n) is 11.7. The number of nitrogens with one attached hydrogen (secondary N) is 1. The highest BCUT2D eigenvalue weighted by atomic mass is 35.5.